The molecule has 0 atom stereocenters. The van der Waals surface area contributed by atoms with E-state index in [-0.39, 0.29) is 0 Å². The molecule has 46 heavy (non-hydrogen) atoms. The summed E-state index contributed by atoms with van der Waals surface area (Å²) in [6, 6.07) is 38.6. The van der Waals surface area contributed by atoms with Gasteiger partial charge in [0.2, 0.25) is 0 Å². The molecule has 4 aromatic carbocycles. The van der Waals surface area contributed by atoms with Crippen LogP contribution in [0.5, 0.6) is 0 Å². The van der Waals surface area contributed by atoms with E-state index < -0.39 is 6.15 Å². The lowest BCUT2D eigenvalue weighted by molar-refractivity contribution is -0.941. The molecule has 2 heteroatoms. The molecule has 0 bridgehead atoms. The van der Waals surface area contributed by atoms with Gasteiger partial charge in [-0.3, -0.25) is 0 Å². The lowest BCUT2D eigenvalue weighted by Crippen LogP contribution is -2.67. The van der Waals surface area contributed by atoms with Crippen LogP contribution in [0.2, 0.25) is 6.32 Å². The van der Waals surface area contributed by atoms with Crippen LogP contribution in [0.1, 0.15) is 101 Å². The molecular formula is C44H64BN. The van der Waals surface area contributed by atoms with Crippen molar-refractivity contribution in [2.45, 2.75) is 113 Å². The van der Waals surface area contributed by atoms with E-state index >= 15 is 0 Å². The summed E-state index contributed by atoms with van der Waals surface area (Å²) < 4.78 is 1.31. The van der Waals surface area contributed by atoms with Gasteiger partial charge in [0, 0.05) is 5.56 Å². The minimum absolute atomic E-state index is 0.971. The molecule has 0 heterocycles. The SMILES string of the molecule is CCCC[B-](c1cccc(C)c1)(c1cccc(C)c1)c1cccc(C)c1.CCCC[N+](CCCC)(CCCC)Cc1ccccc1. The number of hydrogen-bond donors (Lipinski definition) is 0. The van der Waals surface area contributed by atoms with E-state index in [4.69, 9.17) is 0 Å². The van der Waals surface area contributed by atoms with Crippen molar-refractivity contribution >= 4 is 22.5 Å². The quantitative estimate of drug-likeness (QED) is 0.0817. The molecule has 1 nitrogen and oxygen atoms in total. The van der Waals surface area contributed by atoms with Crippen molar-refractivity contribution in [2.75, 3.05) is 19.6 Å². The van der Waals surface area contributed by atoms with E-state index in [1.807, 2.05) is 0 Å². The van der Waals surface area contributed by atoms with Crippen molar-refractivity contribution < 1.29 is 4.48 Å². The van der Waals surface area contributed by atoms with Crippen molar-refractivity contribution in [2.24, 2.45) is 0 Å². The van der Waals surface area contributed by atoms with Crippen LogP contribution in [0.3, 0.4) is 0 Å². The van der Waals surface area contributed by atoms with Gasteiger partial charge in [0.1, 0.15) is 6.54 Å². The minimum Gasteiger partial charge on any atom is -0.320 e. The summed E-state index contributed by atoms with van der Waals surface area (Å²) in [5.41, 5.74) is 9.93. The van der Waals surface area contributed by atoms with Crippen LogP contribution in [0, 0.1) is 20.8 Å². The number of unbranched alkanes of at least 4 members (excludes halogenated alkanes) is 4. The first kappa shape index (κ1) is 37.4. The number of nitrogens with zero attached hydrogens (tertiary/aromatic N) is 1. The van der Waals surface area contributed by atoms with Gasteiger partial charge in [-0.15, -0.1) is 0 Å². The van der Waals surface area contributed by atoms with E-state index in [0.717, 1.165) is 0 Å². The monoisotopic (exact) mass is 618 g/mol. The Balaban J connectivity index is 0.000000260. The fourth-order valence-electron chi connectivity index (χ4n) is 7.54. The molecule has 0 aromatic heterocycles. The summed E-state index contributed by atoms with van der Waals surface area (Å²) in [5, 5.41) is 0. The Bertz CT molecular complexity index is 1280. The second-order valence-corrected chi connectivity index (χ2v) is 14.1. The molecular weight excluding hydrogens is 553 g/mol. The molecule has 248 valence electrons. The van der Waals surface area contributed by atoms with Gasteiger partial charge in [-0.05, 0) is 40.0 Å². The van der Waals surface area contributed by atoms with Gasteiger partial charge in [-0.2, -0.15) is 22.7 Å². The zero-order valence-corrected chi connectivity index (χ0v) is 30.5. The van der Waals surface area contributed by atoms with Crippen LogP contribution in [-0.4, -0.2) is 30.3 Å². The number of aryl methyl sites for hydroxylation is 3. The summed E-state index contributed by atoms with van der Waals surface area (Å²) >= 11 is 0. The van der Waals surface area contributed by atoms with Gasteiger partial charge >= 0.3 is 0 Å². The third kappa shape index (κ3) is 10.7. The zero-order valence-electron chi connectivity index (χ0n) is 30.5. The highest BCUT2D eigenvalue weighted by molar-refractivity contribution is 7.11. The fourth-order valence-corrected chi connectivity index (χ4v) is 7.54. The Morgan fingerprint density at radius 2 is 0.848 bits per heavy atom. The fraction of sp³-hybridized carbons (Fsp3) is 0.455. The smallest absolute Gasteiger partial charge is 0.104 e. The van der Waals surface area contributed by atoms with Crippen LogP contribution in [0.4, 0.5) is 0 Å². The molecule has 0 aliphatic carbocycles. The maximum absolute atomic E-state index is 2.40. The lowest BCUT2D eigenvalue weighted by Gasteiger charge is -2.44. The Hall–Kier alpha value is -3.10. The Labute approximate surface area is 284 Å². The highest BCUT2D eigenvalue weighted by Crippen LogP contribution is 2.21. The lowest BCUT2D eigenvalue weighted by atomic mass is 9.14. The first-order valence-electron chi connectivity index (χ1n) is 18.6. The molecule has 0 aliphatic rings. The summed E-state index contributed by atoms with van der Waals surface area (Å²) in [6.07, 6.45) is 10.7. The second-order valence-electron chi connectivity index (χ2n) is 14.1. The summed E-state index contributed by atoms with van der Waals surface area (Å²) in [4.78, 5) is 0. The molecule has 0 fully saturated rings. The molecule has 0 radical (unpaired) electrons. The van der Waals surface area contributed by atoms with Gasteiger partial charge in [0.15, 0.2) is 0 Å². The van der Waals surface area contributed by atoms with Gasteiger partial charge < -0.3 is 4.48 Å². The maximum atomic E-state index is 2.40. The summed E-state index contributed by atoms with van der Waals surface area (Å²) in [5.74, 6) is 0. The van der Waals surface area contributed by atoms with Crippen LogP contribution < -0.4 is 16.4 Å². The van der Waals surface area contributed by atoms with E-state index in [1.54, 1.807) is 0 Å². The van der Waals surface area contributed by atoms with Gasteiger partial charge in [0.25, 0.3) is 0 Å². The van der Waals surface area contributed by atoms with Crippen LogP contribution in [0.25, 0.3) is 0 Å². The van der Waals surface area contributed by atoms with Crippen molar-refractivity contribution in [3.63, 3.8) is 0 Å². The molecule has 0 spiro atoms. The molecule has 0 N–H and O–H groups in total. The van der Waals surface area contributed by atoms with Crippen molar-refractivity contribution in [3.8, 4) is 0 Å². The predicted molar refractivity (Wildman–Crippen MR) is 208 cm³/mol. The molecule has 4 aromatic rings. The number of benzene rings is 4. The predicted octanol–water partition coefficient (Wildman–Crippen LogP) is 10.3. The van der Waals surface area contributed by atoms with Crippen LogP contribution in [0.15, 0.2) is 103 Å². The summed E-state index contributed by atoms with van der Waals surface area (Å²) in [6.45, 7) is 21.1. The molecule has 0 saturated carbocycles. The van der Waals surface area contributed by atoms with E-state index in [1.165, 1.54) is 127 Å². The Kier molecular flexibility index (Phi) is 15.9. The highest BCUT2D eigenvalue weighted by atomic mass is 15.3. The molecule has 0 unspecified atom stereocenters. The average molecular weight is 618 g/mol. The van der Waals surface area contributed by atoms with Crippen LogP contribution >= 0.6 is 0 Å². The number of quaternary nitrogens is 1. The van der Waals surface area contributed by atoms with Crippen LogP contribution in [-0.2, 0) is 6.54 Å². The number of hydrogen-bond acceptors (Lipinski definition) is 0. The van der Waals surface area contributed by atoms with Crippen molar-refractivity contribution in [3.05, 3.63) is 125 Å². The Morgan fingerprint density at radius 3 is 1.20 bits per heavy atom. The third-order valence-corrected chi connectivity index (χ3v) is 10.1. The molecule has 4 rings (SSSR count). The van der Waals surface area contributed by atoms with Crippen molar-refractivity contribution in [1.29, 1.82) is 0 Å². The minimum atomic E-state index is -0.971. The maximum Gasteiger partial charge on any atom is 0.104 e. The van der Waals surface area contributed by atoms with Gasteiger partial charge in [-0.25, -0.2) is 0 Å². The van der Waals surface area contributed by atoms with Gasteiger partial charge in [-0.1, -0.05) is 180 Å². The third-order valence-electron chi connectivity index (χ3n) is 10.1. The second kappa shape index (κ2) is 19.5. The molecule has 0 amide bonds. The topological polar surface area (TPSA) is 0 Å². The first-order chi connectivity index (χ1) is 22.3. The van der Waals surface area contributed by atoms with E-state index in [0.29, 0.717) is 0 Å². The molecule has 0 aliphatic heterocycles. The van der Waals surface area contributed by atoms with Gasteiger partial charge in [0.05, 0.1) is 25.8 Å². The summed E-state index contributed by atoms with van der Waals surface area (Å²) in [7, 11) is 0. The number of rotatable bonds is 17. The van der Waals surface area contributed by atoms with E-state index in [9.17, 15) is 0 Å². The average Bonchev–Trinajstić information content (AvgIpc) is 3.07. The normalized spacial score (nSPS) is 11.6. The Morgan fingerprint density at radius 1 is 0.457 bits per heavy atom. The van der Waals surface area contributed by atoms with Crippen molar-refractivity contribution in [1.82, 2.24) is 0 Å². The highest BCUT2D eigenvalue weighted by Gasteiger charge is 2.30. The zero-order chi connectivity index (χ0) is 33.3. The molecule has 0 saturated heterocycles. The standard InChI is InChI=1S/C25H30B.C19H34N/c1-5-6-16-26(23-13-7-10-20(2)17-23,24-14-8-11-21(3)18-24)25-15-9-12-22(4)19-25;1-4-7-15-20(16-8-5-2,17-9-6-3)18-19-13-11-10-12-14-19/h7-15,17-19H,5-6,16H2,1-4H3;10-14H,4-9,15-18H2,1-3H3/q-1;+1. The first-order valence-corrected chi connectivity index (χ1v) is 18.6. The van der Waals surface area contributed by atoms with E-state index in [2.05, 4.69) is 152 Å². The largest absolute Gasteiger partial charge is 0.320 e.